The molecule has 0 unspecified atom stereocenters. The van der Waals surface area contributed by atoms with Crippen molar-refractivity contribution < 1.29 is 0 Å². The number of hydrogen-bond donors (Lipinski definition) is 1. The van der Waals surface area contributed by atoms with Gasteiger partial charge in [-0.2, -0.15) is 0 Å². The Labute approximate surface area is 187 Å². The van der Waals surface area contributed by atoms with Gasteiger partial charge in [0.1, 0.15) is 0 Å². The predicted molar refractivity (Wildman–Crippen MR) is 128 cm³/mol. The number of fused-ring (bicyclic) bond motifs is 1. The standard InChI is InChI=1S/C25H17BrClN3/c26-18-13-11-15-9-10-16-12-14-21(23(18)22(15)16)30(17-5-2-1-3-6-17)25-28-20-8-4-7-19(27)24(20)29-25/h1-8,11-14H,9-10H2,(H,28,29). The minimum atomic E-state index is 0.667. The van der Waals surface area contributed by atoms with Crippen molar-refractivity contribution >= 4 is 66.7 Å². The third-order valence-electron chi connectivity index (χ3n) is 5.85. The van der Waals surface area contributed by atoms with Crippen molar-refractivity contribution in [3.63, 3.8) is 0 Å². The maximum Gasteiger partial charge on any atom is 0.213 e. The van der Waals surface area contributed by atoms with Crippen molar-refractivity contribution in [2.45, 2.75) is 12.8 Å². The molecule has 0 amide bonds. The molecular formula is C25H17BrClN3. The molecule has 0 radical (unpaired) electrons. The minimum absolute atomic E-state index is 0.667. The molecule has 0 fully saturated rings. The van der Waals surface area contributed by atoms with Gasteiger partial charge < -0.3 is 4.98 Å². The molecule has 1 aliphatic rings. The molecular weight excluding hydrogens is 458 g/mol. The summed E-state index contributed by atoms with van der Waals surface area (Å²) in [6, 6.07) is 25.0. The van der Waals surface area contributed by atoms with E-state index in [2.05, 4.69) is 62.2 Å². The van der Waals surface area contributed by atoms with Gasteiger partial charge in [0, 0.05) is 15.5 Å². The van der Waals surface area contributed by atoms with Gasteiger partial charge in [0.2, 0.25) is 5.95 Å². The zero-order valence-electron chi connectivity index (χ0n) is 16.0. The van der Waals surface area contributed by atoms with Gasteiger partial charge >= 0.3 is 0 Å². The van der Waals surface area contributed by atoms with Crippen molar-refractivity contribution in [2.75, 3.05) is 4.90 Å². The van der Waals surface area contributed by atoms with Crippen LogP contribution in [-0.4, -0.2) is 9.97 Å². The van der Waals surface area contributed by atoms with Crippen LogP contribution in [0.3, 0.4) is 0 Å². The fourth-order valence-electron chi connectivity index (χ4n) is 4.50. The quantitative estimate of drug-likeness (QED) is 0.290. The van der Waals surface area contributed by atoms with E-state index >= 15 is 0 Å². The first-order valence-electron chi connectivity index (χ1n) is 9.93. The number of aromatic nitrogens is 2. The van der Waals surface area contributed by atoms with Crippen molar-refractivity contribution in [2.24, 2.45) is 0 Å². The summed E-state index contributed by atoms with van der Waals surface area (Å²) in [6.45, 7) is 0. The molecule has 5 aromatic rings. The number of nitrogens with one attached hydrogen (secondary N) is 1. The first-order chi connectivity index (χ1) is 14.7. The summed E-state index contributed by atoms with van der Waals surface area (Å²) >= 11 is 10.3. The second-order valence-corrected chi connectivity index (χ2v) is 8.83. The first-order valence-corrected chi connectivity index (χ1v) is 11.1. The zero-order chi connectivity index (χ0) is 20.2. The number of aryl methyl sites for hydroxylation is 2. The van der Waals surface area contributed by atoms with E-state index < -0.39 is 0 Å². The number of H-pyrrole nitrogens is 1. The van der Waals surface area contributed by atoms with Gasteiger partial charge in [-0.05, 0) is 65.8 Å². The maximum atomic E-state index is 6.44. The molecule has 0 bridgehead atoms. The van der Waals surface area contributed by atoms with Gasteiger partial charge in [0.15, 0.2) is 0 Å². The van der Waals surface area contributed by atoms with E-state index in [1.807, 2.05) is 36.4 Å². The number of hydrogen-bond acceptors (Lipinski definition) is 2. The molecule has 1 N–H and O–H groups in total. The number of imidazole rings is 1. The molecule has 0 atom stereocenters. The minimum Gasteiger partial charge on any atom is -0.322 e. The molecule has 1 aliphatic carbocycles. The van der Waals surface area contributed by atoms with E-state index in [0.29, 0.717) is 5.02 Å². The number of halogens is 2. The Hall–Kier alpha value is -2.82. The Balaban J connectivity index is 1.68. The lowest BCUT2D eigenvalue weighted by Crippen LogP contribution is -2.12. The number of aromatic amines is 1. The number of rotatable bonds is 3. The van der Waals surface area contributed by atoms with Gasteiger partial charge in [-0.25, -0.2) is 4.98 Å². The Morgan fingerprint density at radius 3 is 2.37 bits per heavy atom. The number of anilines is 3. The molecule has 1 heterocycles. The Bertz CT molecular complexity index is 1420. The van der Waals surface area contributed by atoms with Crippen LogP contribution in [0.5, 0.6) is 0 Å². The summed E-state index contributed by atoms with van der Waals surface area (Å²) < 4.78 is 1.09. The topological polar surface area (TPSA) is 31.9 Å². The fraction of sp³-hybridized carbons (Fsp3) is 0.0800. The van der Waals surface area contributed by atoms with Crippen LogP contribution in [0, 0.1) is 0 Å². The highest BCUT2D eigenvalue weighted by atomic mass is 79.9. The fourth-order valence-corrected chi connectivity index (χ4v) is 5.25. The molecule has 0 saturated heterocycles. The number of nitrogens with zero attached hydrogens (tertiary/aromatic N) is 2. The van der Waals surface area contributed by atoms with Crippen LogP contribution in [0.15, 0.2) is 77.3 Å². The molecule has 0 spiro atoms. The highest BCUT2D eigenvalue weighted by Crippen LogP contribution is 2.45. The SMILES string of the molecule is Clc1cccc2nc(N(c3ccccc3)c3ccc4c5c(ccc(Br)c35)CC4)[nH]c12. The summed E-state index contributed by atoms with van der Waals surface area (Å²) in [5.74, 6) is 0.745. The van der Waals surface area contributed by atoms with Gasteiger partial charge in [-0.1, -0.05) is 63.9 Å². The van der Waals surface area contributed by atoms with Gasteiger partial charge in [0.25, 0.3) is 0 Å². The van der Waals surface area contributed by atoms with E-state index in [9.17, 15) is 0 Å². The number of para-hydroxylation sites is 2. The largest absolute Gasteiger partial charge is 0.322 e. The molecule has 5 heteroatoms. The Morgan fingerprint density at radius 1 is 0.833 bits per heavy atom. The summed E-state index contributed by atoms with van der Waals surface area (Å²) in [4.78, 5) is 10.5. The van der Waals surface area contributed by atoms with Crippen LogP contribution in [0.1, 0.15) is 11.1 Å². The lowest BCUT2D eigenvalue weighted by Gasteiger charge is -2.25. The van der Waals surface area contributed by atoms with Crippen LogP contribution in [-0.2, 0) is 12.8 Å². The van der Waals surface area contributed by atoms with Crippen LogP contribution in [0.4, 0.5) is 17.3 Å². The molecule has 1 aromatic heterocycles. The zero-order valence-corrected chi connectivity index (χ0v) is 18.3. The summed E-state index contributed by atoms with van der Waals surface area (Å²) in [5, 5.41) is 3.25. The van der Waals surface area contributed by atoms with E-state index in [1.165, 1.54) is 21.9 Å². The molecule has 146 valence electrons. The van der Waals surface area contributed by atoms with E-state index in [0.717, 1.165) is 45.7 Å². The lowest BCUT2D eigenvalue weighted by atomic mass is 10.0. The molecule has 3 nitrogen and oxygen atoms in total. The van der Waals surface area contributed by atoms with Crippen LogP contribution < -0.4 is 4.90 Å². The number of benzene rings is 4. The van der Waals surface area contributed by atoms with E-state index in [4.69, 9.17) is 16.6 Å². The second kappa shape index (κ2) is 6.86. The van der Waals surface area contributed by atoms with Crippen molar-refractivity contribution in [1.29, 1.82) is 0 Å². The average Bonchev–Trinajstić information content (AvgIpc) is 3.38. The van der Waals surface area contributed by atoms with Crippen LogP contribution in [0.25, 0.3) is 21.8 Å². The van der Waals surface area contributed by atoms with Gasteiger partial charge in [-0.3, -0.25) is 4.90 Å². The molecule has 4 aromatic carbocycles. The Morgan fingerprint density at radius 2 is 1.60 bits per heavy atom. The smallest absolute Gasteiger partial charge is 0.213 e. The maximum absolute atomic E-state index is 6.44. The van der Waals surface area contributed by atoms with Crippen molar-refractivity contribution in [3.05, 3.63) is 93.4 Å². The Kier molecular flexibility index (Phi) is 4.12. The highest BCUT2D eigenvalue weighted by Gasteiger charge is 2.24. The predicted octanol–water partition coefficient (Wildman–Crippen LogP) is 7.70. The van der Waals surface area contributed by atoms with Crippen LogP contribution in [0.2, 0.25) is 5.02 Å². The third kappa shape index (κ3) is 2.68. The summed E-state index contributed by atoms with van der Waals surface area (Å²) in [5.41, 5.74) is 6.64. The monoisotopic (exact) mass is 473 g/mol. The lowest BCUT2D eigenvalue weighted by molar-refractivity contribution is 1.02. The van der Waals surface area contributed by atoms with Crippen molar-refractivity contribution in [1.82, 2.24) is 9.97 Å². The van der Waals surface area contributed by atoms with Crippen LogP contribution >= 0.6 is 27.5 Å². The van der Waals surface area contributed by atoms with E-state index in [1.54, 1.807) is 0 Å². The molecule has 6 rings (SSSR count). The van der Waals surface area contributed by atoms with E-state index in [-0.39, 0.29) is 0 Å². The normalized spacial score (nSPS) is 12.7. The first kappa shape index (κ1) is 18.0. The highest BCUT2D eigenvalue weighted by molar-refractivity contribution is 9.10. The third-order valence-corrected chi connectivity index (χ3v) is 6.82. The van der Waals surface area contributed by atoms with Gasteiger partial charge in [0.05, 0.1) is 21.7 Å². The summed E-state index contributed by atoms with van der Waals surface area (Å²) in [7, 11) is 0. The van der Waals surface area contributed by atoms with Gasteiger partial charge in [-0.15, -0.1) is 0 Å². The second-order valence-electron chi connectivity index (χ2n) is 7.57. The average molecular weight is 475 g/mol. The molecule has 30 heavy (non-hydrogen) atoms. The molecule has 0 aliphatic heterocycles. The van der Waals surface area contributed by atoms with Crippen molar-refractivity contribution in [3.8, 4) is 0 Å². The summed E-state index contributed by atoms with van der Waals surface area (Å²) in [6.07, 6.45) is 2.18. The molecule has 0 saturated carbocycles.